The van der Waals surface area contributed by atoms with Crippen molar-refractivity contribution in [3.05, 3.63) is 34.8 Å². The zero-order chi connectivity index (χ0) is 14.5. The van der Waals surface area contributed by atoms with Crippen molar-refractivity contribution in [2.24, 2.45) is 0 Å². The molecule has 0 aliphatic heterocycles. The third kappa shape index (κ3) is 3.77. The van der Waals surface area contributed by atoms with Gasteiger partial charge in [0.05, 0.1) is 0 Å². The van der Waals surface area contributed by atoms with Crippen LogP contribution in [0.4, 0.5) is 5.13 Å². The summed E-state index contributed by atoms with van der Waals surface area (Å²) in [5.41, 5.74) is 0.998. The van der Waals surface area contributed by atoms with Gasteiger partial charge in [0.25, 0.3) is 5.91 Å². The van der Waals surface area contributed by atoms with Gasteiger partial charge in [-0.2, -0.15) is 0 Å². The van der Waals surface area contributed by atoms with Gasteiger partial charge in [-0.05, 0) is 18.6 Å². The third-order valence-electron chi connectivity index (χ3n) is 2.63. The lowest BCUT2D eigenvalue weighted by Gasteiger charge is -2.07. The van der Waals surface area contributed by atoms with E-state index in [0.717, 1.165) is 10.6 Å². The molecule has 0 saturated heterocycles. The second kappa shape index (κ2) is 6.47. The highest BCUT2D eigenvalue weighted by Crippen LogP contribution is 2.22. The van der Waals surface area contributed by atoms with Crippen molar-refractivity contribution < 1.29 is 9.53 Å². The molecular formula is C14H17N3O2S. The zero-order valence-electron chi connectivity index (χ0n) is 11.7. The second-order valence-electron chi connectivity index (χ2n) is 4.70. The Hall–Kier alpha value is -1.95. The minimum atomic E-state index is -0.236. The Morgan fingerprint density at radius 3 is 2.75 bits per heavy atom. The van der Waals surface area contributed by atoms with Crippen LogP contribution in [0.2, 0.25) is 0 Å². The number of aromatic nitrogens is 2. The van der Waals surface area contributed by atoms with E-state index in [-0.39, 0.29) is 12.5 Å². The summed E-state index contributed by atoms with van der Waals surface area (Å²) in [5.74, 6) is 0.781. The number of benzene rings is 1. The molecule has 0 aliphatic carbocycles. The lowest BCUT2D eigenvalue weighted by atomic mass is 10.2. The van der Waals surface area contributed by atoms with Crippen LogP contribution >= 0.6 is 11.3 Å². The van der Waals surface area contributed by atoms with E-state index in [1.54, 1.807) is 0 Å². The first-order valence-electron chi connectivity index (χ1n) is 6.38. The van der Waals surface area contributed by atoms with Gasteiger partial charge in [-0.25, -0.2) is 0 Å². The van der Waals surface area contributed by atoms with E-state index in [0.29, 0.717) is 16.8 Å². The number of hydrogen-bond donors (Lipinski definition) is 1. The number of aryl methyl sites for hydroxylation is 1. The number of carbonyl (C=O) groups is 1. The lowest BCUT2D eigenvalue weighted by molar-refractivity contribution is -0.118. The average Bonchev–Trinajstić information content (AvgIpc) is 2.86. The molecule has 1 aromatic carbocycles. The van der Waals surface area contributed by atoms with Crippen LogP contribution in [0.25, 0.3) is 0 Å². The highest BCUT2D eigenvalue weighted by molar-refractivity contribution is 7.15. The van der Waals surface area contributed by atoms with Crippen LogP contribution in [-0.4, -0.2) is 22.7 Å². The van der Waals surface area contributed by atoms with E-state index in [9.17, 15) is 4.79 Å². The van der Waals surface area contributed by atoms with Crippen LogP contribution in [-0.2, 0) is 4.79 Å². The summed E-state index contributed by atoms with van der Waals surface area (Å²) >= 11 is 1.38. The summed E-state index contributed by atoms with van der Waals surface area (Å²) in [6.45, 7) is 5.97. The molecule has 2 rings (SSSR count). The molecule has 1 amide bonds. The second-order valence-corrected chi connectivity index (χ2v) is 5.71. The summed E-state index contributed by atoms with van der Waals surface area (Å²) in [6, 6.07) is 7.58. The fourth-order valence-electron chi connectivity index (χ4n) is 1.54. The van der Waals surface area contributed by atoms with Crippen molar-refractivity contribution in [2.45, 2.75) is 26.7 Å². The van der Waals surface area contributed by atoms with Gasteiger partial charge >= 0.3 is 0 Å². The number of nitrogens with one attached hydrogen (secondary N) is 1. The SMILES string of the molecule is Cc1ccccc1OCC(=O)Nc1nnc(C(C)C)s1. The molecule has 1 N–H and O–H groups in total. The molecule has 0 radical (unpaired) electrons. The monoisotopic (exact) mass is 291 g/mol. The molecule has 0 unspecified atom stereocenters. The Balaban J connectivity index is 1.88. The molecule has 1 heterocycles. The number of rotatable bonds is 5. The molecule has 2 aromatic rings. The molecule has 6 heteroatoms. The first-order chi connectivity index (χ1) is 9.56. The highest BCUT2D eigenvalue weighted by Gasteiger charge is 2.11. The largest absolute Gasteiger partial charge is 0.483 e. The van der Waals surface area contributed by atoms with E-state index in [4.69, 9.17) is 4.74 Å². The van der Waals surface area contributed by atoms with Crippen LogP contribution in [0.5, 0.6) is 5.75 Å². The summed E-state index contributed by atoms with van der Waals surface area (Å²) in [7, 11) is 0. The number of nitrogens with zero attached hydrogens (tertiary/aromatic N) is 2. The van der Waals surface area contributed by atoms with Crippen molar-refractivity contribution in [3.63, 3.8) is 0 Å². The predicted octanol–water partition coefficient (Wildman–Crippen LogP) is 2.99. The Bertz CT molecular complexity index is 596. The molecule has 0 saturated carbocycles. The fraction of sp³-hybridized carbons (Fsp3) is 0.357. The van der Waals surface area contributed by atoms with Crippen LogP contribution in [0.1, 0.15) is 30.3 Å². The Labute approximate surface area is 122 Å². The van der Waals surface area contributed by atoms with E-state index in [1.807, 2.05) is 45.0 Å². The lowest BCUT2D eigenvalue weighted by Crippen LogP contribution is -2.20. The molecule has 1 aromatic heterocycles. The third-order valence-corrected chi connectivity index (χ3v) is 3.77. The number of carbonyl (C=O) groups excluding carboxylic acids is 1. The van der Waals surface area contributed by atoms with E-state index >= 15 is 0 Å². The van der Waals surface area contributed by atoms with Crippen molar-refractivity contribution in [2.75, 3.05) is 11.9 Å². The van der Waals surface area contributed by atoms with Crippen LogP contribution in [0.15, 0.2) is 24.3 Å². The maximum atomic E-state index is 11.8. The Morgan fingerprint density at radius 2 is 2.10 bits per heavy atom. The summed E-state index contributed by atoms with van der Waals surface area (Å²) in [4.78, 5) is 11.8. The highest BCUT2D eigenvalue weighted by atomic mass is 32.1. The molecule has 106 valence electrons. The number of amides is 1. The predicted molar refractivity (Wildman–Crippen MR) is 79.3 cm³/mol. The topological polar surface area (TPSA) is 64.1 Å². The Morgan fingerprint density at radius 1 is 1.35 bits per heavy atom. The maximum absolute atomic E-state index is 11.8. The van der Waals surface area contributed by atoms with Crippen molar-refractivity contribution in [1.29, 1.82) is 0 Å². The minimum Gasteiger partial charge on any atom is -0.483 e. The summed E-state index contributed by atoms with van der Waals surface area (Å²) in [6.07, 6.45) is 0. The van der Waals surface area contributed by atoms with E-state index in [1.165, 1.54) is 11.3 Å². The number of hydrogen-bond acceptors (Lipinski definition) is 5. The zero-order valence-corrected chi connectivity index (χ0v) is 12.5. The summed E-state index contributed by atoms with van der Waals surface area (Å²) in [5, 5.41) is 12.0. The molecule has 0 spiro atoms. The first-order valence-corrected chi connectivity index (χ1v) is 7.19. The van der Waals surface area contributed by atoms with Gasteiger partial charge in [0.1, 0.15) is 10.8 Å². The van der Waals surface area contributed by atoms with Crippen molar-refractivity contribution in [3.8, 4) is 5.75 Å². The van der Waals surface area contributed by atoms with Crippen molar-refractivity contribution in [1.82, 2.24) is 10.2 Å². The van der Waals surface area contributed by atoms with Gasteiger partial charge in [0, 0.05) is 5.92 Å². The normalized spacial score (nSPS) is 10.6. The van der Waals surface area contributed by atoms with Gasteiger partial charge in [-0.15, -0.1) is 10.2 Å². The summed E-state index contributed by atoms with van der Waals surface area (Å²) < 4.78 is 5.47. The van der Waals surface area contributed by atoms with Gasteiger partial charge in [-0.3, -0.25) is 10.1 Å². The standard InChI is InChI=1S/C14H17N3O2S/c1-9(2)13-16-17-14(20-13)15-12(18)8-19-11-7-5-4-6-10(11)3/h4-7,9H,8H2,1-3H3,(H,15,17,18). The minimum absolute atomic E-state index is 0.0402. The smallest absolute Gasteiger partial charge is 0.264 e. The molecule has 0 atom stereocenters. The molecule has 5 nitrogen and oxygen atoms in total. The quantitative estimate of drug-likeness (QED) is 0.919. The molecule has 20 heavy (non-hydrogen) atoms. The maximum Gasteiger partial charge on any atom is 0.264 e. The van der Waals surface area contributed by atoms with Gasteiger partial charge in [0.15, 0.2) is 6.61 Å². The number of anilines is 1. The van der Waals surface area contributed by atoms with Crippen LogP contribution in [0, 0.1) is 6.92 Å². The van der Waals surface area contributed by atoms with Crippen LogP contribution < -0.4 is 10.1 Å². The molecule has 0 fully saturated rings. The number of ether oxygens (including phenoxy) is 1. The fourth-order valence-corrected chi connectivity index (χ4v) is 2.30. The van der Waals surface area contributed by atoms with Gasteiger partial charge in [-0.1, -0.05) is 43.4 Å². The first kappa shape index (κ1) is 14.5. The van der Waals surface area contributed by atoms with Gasteiger partial charge < -0.3 is 4.74 Å². The van der Waals surface area contributed by atoms with Crippen LogP contribution in [0.3, 0.4) is 0 Å². The average molecular weight is 291 g/mol. The Kier molecular flexibility index (Phi) is 4.68. The molecular weight excluding hydrogens is 274 g/mol. The molecule has 0 aliphatic rings. The van der Waals surface area contributed by atoms with E-state index in [2.05, 4.69) is 15.5 Å². The van der Waals surface area contributed by atoms with Gasteiger partial charge in [0.2, 0.25) is 5.13 Å². The van der Waals surface area contributed by atoms with E-state index < -0.39 is 0 Å². The molecule has 0 bridgehead atoms. The number of para-hydroxylation sites is 1. The van der Waals surface area contributed by atoms with Crippen molar-refractivity contribution >= 4 is 22.4 Å².